The van der Waals surface area contributed by atoms with Gasteiger partial charge in [-0.2, -0.15) is 0 Å². The van der Waals surface area contributed by atoms with Gasteiger partial charge in [0.25, 0.3) is 0 Å². The maximum atomic E-state index is 12.0. The Morgan fingerprint density at radius 1 is 1.20 bits per heavy atom. The summed E-state index contributed by atoms with van der Waals surface area (Å²) in [7, 11) is 0. The number of ketones is 2. The third kappa shape index (κ3) is 1.71. The Hall–Kier alpha value is 0.540. The summed E-state index contributed by atoms with van der Waals surface area (Å²) in [6, 6.07) is 0. The second-order valence-electron chi connectivity index (χ2n) is 4.41. The highest BCUT2D eigenvalue weighted by Gasteiger charge is 2.53. The zero-order chi connectivity index (χ0) is 11.3. The first-order valence-corrected chi connectivity index (χ1v) is 7.20. The Bertz CT molecular complexity index is 371. The Morgan fingerprint density at radius 3 is 2.53 bits per heavy atom. The molecular weight excluding hydrogens is 418 g/mol. The number of halogens is 2. The van der Waals surface area contributed by atoms with E-state index in [0.29, 0.717) is 25.0 Å². The minimum atomic E-state index is -0.488. The first-order valence-electron chi connectivity index (χ1n) is 5.04. The predicted octanol–water partition coefficient (Wildman–Crippen LogP) is 3.21. The quantitative estimate of drug-likeness (QED) is 0.336. The zero-order valence-electron chi connectivity index (χ0n) is 8.48. The van der Waals surface area contributed by atoms with Crippen LogP contribution >= 0.6 is 45.2 Å². The van der Waals surface area contributed by atoms with Gasteiger partial charge >= 0.3 is 0 Å². The average Bonchev–Trinajstić information content (AvgIpc) is 2.16. The van der Waals surface area contributed by atoms with E-state index in [0.717, 1.165) is 12.0 Å². The molecule has 2 nitrogen and oxygen atoms in total. The molecule has 2 aliphatic carbocycles. The number of allylic oxidation sites excluding steroid dienone is 2. The number of carbonyl (C=O) groups excluding carboxylic acids is 2. The molecule has 0 heterocycles. The highest BCUT2D eigenvalue weighted by atomic mass is 127. The van der Waals surface area contributed by atoms with Crippen LogP contribution < -0.4 is 0 Å². The minimum Gasteiger partial charge on any atom is -0.299 e. The lowest BCUT2D eigenvalue weighted by atomic mass is 9.65. The molecule has 0 spiro atoms. The van der Waals surface area contributed by atoms with Crippen LogP contribution in [0, 0.1) is 5.41 Å². The van der Waals surface area contributed by atoms with Crippen molar-refractivity contribution in [2.75, 3.05) is 0 Å². The van der Waals surface area contributed by atoms with E-state index in [1.165, 1.54) is 0 Å². The van der Waals surface area contributed by atoms with E-state index in [1.54, 1.807) is 0 Å². The van der Waals surface area contributed by atoms with E-state index < -0.39 is 1.43 Å². The van der Waals surface area contributed by atoms with Crippen molar-refractivity contribution in [1.82, 2.24) is 0 Å². The number of hydrogen-bond donors (Lipinski definition) is 0. The third-order valence-electron chi connectivity index (χ3n) is 3.47. The SMILES string of the molecule is CC12CCC(=O)C(I)(I)C1=CCCC2=O. The van der Waals surface area contributed by atoms with Gasteiger partial charge in [0.05, 0.1) is 0 Å². The average molecular weight is 430 g/mol. The molecule has 82 valence electrons. The molecule has 0 aromatic carbocycles. The number of carbonyl (C=O) groups is 2. The summed E-state index contributed by atoms with van der Waals surface area (Å²) in [5.41, 5.74) is 0.679. The Labute approximate surface area is 117 Å². The molecule has 0 amide bonds. The van der Waals surface area contributed by atoms with Gasteiger partial charge in [-0.15, -0.1) is 0 Å². The van der Waals surface area contributed by atoms with Gasteiger partial charge < -0.3 is 0 Å². The largest absolute Gasteiger partial charge is 0.299 e. The molecule has 1 atom stereocenters. The molecule has 0 aromatic heterocycles. The second-order valence-corrected chi connectivity index (χ2v) is 9.71. The molecule has 1 unspecified atom stereocenters. The van der Waals surface area contributed by atoms with Crippen molar-refractivity contribution >= 4 is 56.7 Å². The van der Waals surface area contributed by atoms with Crippen molar-refractivity contribution < 1.29 is 9.59 Å². The minimum absolute atomic E-state index is 0.252. The van der Waals surface area contributed by atoms with Crippen LogP contribution in [0.3, 0.4) is 0 Å². The molecule has 0 N–H and O–H groups in total. The van der Waals surface area contributed by atoms with Gasteiger partial charge in [0.15, 0.2) is 7.21 Å². The van der Waals surface area contributed by atoms with Crippen LogP contribution in [-0.4, -0.2) is 13.0 Å². The van der Waals surface area contributed by atoms with Gasteiger partial charge in [-0.3, -0.25) is 9.59 Å². The lowest BCUT2D eigenvalue weighted by Gasteiger charge is -2.43. The number of rotatable bonds is 0. The van der Waals surface area contributed by atoms with Crippen LogP contribution in [0.25, 0.3) is 0 Å². The van der Waals surface area contributed by atoms with Crippen molar-refractivity contribution in [2.45, 2.75) is 34.0 Å². The summed E-state index contributed by atoms with van der Waals surface area (Å²) < 4.78 is -0.488. The van der Waals surface area contributed by atoms with Crippen LogP contribution in [0.15, 0.2) is 11.6 Å². The van der Waals surface area contributed by atoms with Crippen LogP contribution in [0.4, 0.5) is 0 Å². The standard InChI is InChI=1S/C11H12I2O2/c1-10-6-5-9(15)11(12,13)7(10)3-2-4-8(10)14/h3H,2,4-6H2,1H3. The Kier molecular flexibility index (Phi) is 3.03. The predicted molar refractivity (Wildman–Crippen MR) is 75.4 cm³/mol. The smallest absolute Gasteiger partial charge is 0.162 e. The summed E-state index contributed by atoms with van der Waals surface area (Å²) >= 11 is 4.38. The number of fused-ring (bicyclic) bond motifs is 1. The Balaban J connectivity index is 2.52. The van der Waals surface area contributed by atoms with Gasteiger partial charge in [0, 0.05) is 18.3 Å². The van der Waals surface area contributed by atoms with E-state index in [9.17, 15) is 9.59 Å². The monoisotopic (exact) mass is 430 g/mol. The van der Waals surface area contributed by atoms with Crippen molar-refractivity contribution in [3.05, 3.63) is 11.6 Å². The first-order chi connectivity index (χ1) is 6.89. The fourth-order valence-corrected chi connectivity index (χ4v) is 4.59. The summed E-state index contributed by atoms with van der Waals surface area (Å²) in [4.78, 5) is 23.8. The van der Waals surface area contributed by atoms with E-state index >= 15 is 0 Å². The lowest BCUT2D eigenvalue weighted by Crippen LogP contribution is -2.47. The van der Waals surface area contributed by atoms with E-state index in [1.807, 2.05) is 6.92 Å². The normalized spacial score (nSPS) is 34.7. The van der Waals surface area contributed by atoms with E-state index in [4.69, 9.17) is 0 Å². The molecule has 1 fully saturated rings. The molecule has 4 heteroatoms. The molecule has 0 bridgehead atoms. The zero-order valence-corrected chi connectivity index (χ0v) is 12.8. The van der Waals surface area contributed by atoms with E-state index in [2.05, 4.69) is 51.3 Å². The molecule has 0 aliphatic heterocycles. The topological polar surface area (TPSA) is 34.1 Å². The molecule has 0 radical (unpaired) electrons. The van der Waals surface area contributed by atoms with Crippen LogP contribution in [-0.2, 0) is 9.59 Å². The molecule has 15 heavy (non-hydrogen) atoms. The number of alkyl halides is 2. The molecule has 0 aromatic rings. The highest BCUT2D eigenvalue weighted by Crippen LogP contribution is 2.54. The second kappa shape index (κ2) is 3.78. The first kappa shape index (κ1) is 12.0. The molecule has 0 saturated heterocycles. The van der Waals surface area contributed by atoms with Gasteiger partial charge in [-0.1, -0.05) is 51.3 Å². The van der Waals surface area contributed by atoms with Crippen molar-refractivity contribution in [2.24, 2.45) is 5.41 Å². The maximum absolute atomic E-state index is 12.0. The van der Waals surface area contributed by atoms with Crippen molar-refractivity contribution in [3.63, 3.8) is 0 Å². The lowest BCUT2D eigenvalue weighted by molar-refractivity contribution is -0.129. The number of hydrogen-bond acceptors (Lipinski definition) is 2. The molecule has 2 aliphatic rings. The number of Topliss-reactive ketones (excluding diaryl/α,β-unsaturated/α-hetero) is 2. The van der Waals surface area contributed by atoms with Gasteiger partial charge in [0.2, 0.25) is 0 Å². The van der Waals surface area contributed by atoms with Crippen LogP contribution in [0.5, 0.6) is 0 Å². The fraction of sp³-hybridized carbons (Fsp3) is 0.636. The molecule has 2 rings (SSSR count). The highest BCUT2D eigenvalue weighted by molar-refractivity contribution is 14.2. The van der Waals surface area contributed by atoms with Gasteiger partial charge in [-0.25, -0.2) is 0 Å². The van der Waals surface area contributed by atoms with Crippen molar-refractivity contribution in [1.29, 1.82) is 0 Å². The van der Waals surface area contributed by atoms with Crippen LogP contribution in [0.1, 0.15) is 32.6 Å². The van der Waals surface area contributed by atoms with Crippen molar-refractivity contribution in [3.8, 4) is 0 Å². The summed E-state index contributed by atoms with van der Waals surface area (Å²) in [5, 5.41) is 0. The van der Waals surface area contributed by atoms with Gasteiger partial charge in [0.1, 0.15) is 5.78 Å². The Morgan fingerprint density at radius 2 is 1.87 bits per heavy atom. The molecular formula is C11H12I2O2. The molecule has 1 saturated carbocycles. The van der Waals surface area contributed by atoms with E-state index in [-0.39, 0.29) is 11.2 Å². The maximum Gasteiger partial charge on any atom is 0.162 e. The summed E-state index contributed by atoms with van der Waals surface area (Å²) in [6.07, 6.45) is 4.77. The summed E-state index contributed by atoms with van der Waals surface area (Å²) in [6.45, 7) is 2.00. The summed E-state index contributed by atoms with van der Waals surface area (Å²) in [5.74, 6) is 0.562. The van der Waals surface area contributed by atoms with Gasteiger partial charge in [-0.05, 0) is 25.3 Å². The third-order valence-corrected chi connectivity index (χ3v) is 5.84. The van der Waals surface area contributed by atoms with Crippen LogP contribution in [0.2, 0.25) is 0 Å². The fourth-order valence-electron chi connectivity index (χ4n) is 2.42.